The van der Waals surface area contributed by atoms with Gasteiger partial charge in [0, 0.05) is 25.7 Å². The number of methoxy groups -OCH3 is 1. The molecule has 2 aliphatic rings. The Kier molecular flexibility index (Phi) is 5.63. The van der Waals surface area contributed by atoms with Gasteiger partial charge in [0.05, 0.1) is 12.5 Å². The van der Waals surface area contributed by atoms with Crippen molar-refractivity contribution in [2.24, 2.45) is 5.92 Å². The van der Waals surface area contributed by atoms with Crippen LogP contribution in [0.3, 0.4) is 0 Å². The molecule has 1 aliphatic carbocycles. The van der Waals surface area contributed by atoms with Crippen LogP contribution in [-0.4, -0.2) is 48.9 Å². The summed E-state index contributed by atoms with van der Waals surface area (Å²) in [7, 11) is 1.75. The van der Waals surface area contributed by atoms with E-state index in [0.29, 0.717) is 6.04 Å². The van der Waals surface area contributed by atoms with E-state index < -0.39 is 5.60 Å². The zero-order valence-corrected chi connectivity index (χ0v) is 13.9. The first-order chi connectivity index (χ1) is 9.90. The van der Waals surface area contributed by atoms with E-state index in [4.69, 9.17) is 9.47 Å². The van der Waals surface area contributed by atoms with Crippen molar-refractivity contribution in [3.05, 3.63) is 0 Å². The summed E-state index contributed by atoms with van der Waals surface area (Å²) in [5, 5.41) is 2.27. The van der Waals surface area contributed by atoms with E-state index in [9.17, 15) is 4.79 Å². The Morgan fingerprint density at radius 2 is 2.00 bits per heavy atom. The Hall–Kier alpha value is -0.650. The van der Waals surface area contributed by atoms with Crippen LogP contribution in [0.15, 0.2) is 0 Å². The smallest absolute Gasteiger partial charge is 0.311 e. The fourth-order valence-electron chi connectivity index (χ4n) is 3.36. The summed E-state index contributed by atoms with van der Waals surface area (Å²) in [4.78, 5) is 12.3. The minimum atomic E-state index is -0.406. The zero-order chi connectivity index (χ0) is 15.5. The van der Waals surface area contributed by atoms with Gasteiger partial charge in [0.2, 0.25) is 0 Å². The Bertz CT molecular complexity index is 354. The third-order valence-corrected chi connectivity index (χ3v) is 4.29. The van der Waals surface area contributed by atoms with Gasteiger partial charge in [-0.25, -0.2) is 5.01 Å². The average molecular weight is 298 g/mol. The Balaban J connectivity index is 1.91. The molecule has 0 unspecified atom stereocenters. The van der Waals surface area contributed by atoms with Gasteiger partial charge in [-0.05, 0) is 46.5 Å². The number of hydrogen-bond acceptors (Lipinski definition) is 5. The van der Waals surface area contributed by atoms with E-state index in [1.54, 1.807) is 7.11 Å². The third kappa shape index (κ3) is 4.66. The van der Waals surface area contributed by atoms with Crippen molar-refractivity contribution >= 4 is 5.97 Å². The number of nitrogens with one attached hydrogen (secondary N) is 1. The molecule has 5 heteroatoms. The van der Waals surface area contributed by atoms with Crippen molar-refractivity contribution in [1.29, 1.82) is 0 Å². The van der Waals surface area contributed by atoms with E-state index in [1.807, 2.05) is 20.8 Å². The van der Waals surface area contributed by atoms with E-state index in [0.717, 1.165) is 38.8 Å². The van der Waals surface area contributed by atoms with Crippen molar-refractivity contribution < 1.29 is 14.3 Å². The molecule has 2 rings (SSSR count). The molecule has 0 bridgehead atoms. The summed E-state index contributed by atoms with van der Waals surface area (Å²) in [5.41, 5.74) is 3.18. The van der Waals surface area contributed by atoms with Gasteiger partial charge in [0.1, 0.15) is 5.60 Å². The molecule has 3 atom stereocenters. The number of ether oxygens (including phenoxy) is 2. The van der Waals surface area contributed by atoms with Gasteiger partial charge in [-0.15, -0.1) is 0 Å². The maximum Gasteiger partial charge on any atom is 0.311 e. The number of carbonyl (C=O) groups is 1. The second-order valence-corrected chi connectivity index (χ2v) is 7.25. The Morgan fingerprint density at radius 1 is 1.24 bits per heavy atom. The largest absolute Gasteiger partial charge is 0.460 e. The number of hydrazine groups is 1. The van der Waals surface area contributed by atoms with Crippen molar-refractivity contribution in [3.8, 4) is 0 Å². The van der Waals surface area contributed by atoms with Crippen LogP contribution in [0.2, 0.25) is 0 Å². The highest BCUT2D eigenvalue weighted by molar-refractivity contribution is 5.74. The molecule has 5 nitrogen and oxygen atoms in total. The van der Waals surface area contributed by atoms with Crippen LogP contribution in [0.25, 0.3) is 0 Å². The lowest BCUT2D eigenvalue weighted by molar-refractivity contribution is -0.161. The lowest BCUT2D eigenvalue weighted by Gasteiger charge is -2.31. The van der Waals surface area contributed by atoms with E-state index in [1.165, 1.54) is 6.42 Å². The summed E-state index contributed by atoms with van der Waals surface area (Å²) >= 11 is 0. The molecule has 122 valence electrons. The van der Waals surface area contributed by atoms with Crippen LogP contribution >= 0.6 is 0 Å². The van der Waals surface area contributed by atoms with Gasteiger partial charge in [-0.1, -0.05) is 6.42 Å². The van der Waals surface area contributed by atoms with Crippen LogP contribution in [0.1, 0.15) is 52.9 Å². The molecule has 1 aliphatic heterocycles. The highest BCUT2D eigenvalue weighted by Gasteiger charge is 2.38. The first-order valence-electron chi connectivity index (χ1n) is 8.15. The van der Waals surface area contributed by atoms with Gasteiger partial charge >= 0.3 is 5.97 Å². The van der Waals surface area contributed by atoms with Gasteiger partial charge in [0.25, 0.3) is 0 Å². The minimum Gasteiger partial charge on any atom is -0.460 e. The molecule has 1 saturated heterocycles. The van der Waals surface area contributed by atoms with Gasteiger partial charge in [0.15, 0.2) is 0 Å². The van der Waals surface area contributed by atoms with Crippen LogP contribution in [0.4, 0.5) is 0 Å². The van der Waals surface area contributed by atoms with Crippen LogP contribution in [0, 0.1) is 5.92 Å². The molecule has 1 saturated carbocycles. The maximum atomic E-state index is 12.3. The highest BCUT2D eigenvalue weighted by Crippen LogP contribution is 2.29. The second kappa shape index (κ2) is 7.07. The summed E-state index contributed by atoms with van der Waals surface area (Å²) in [6.07, 6.45) is 5.40. The SMILES string of the molecule is COC[C@@H]1CCCN1N[C@H]1CCC[C@@H]1C(=O)OC(C)(C)C. The Morgan fingerprint density at radius 3 is 2.67 bits per heavy atom. The first kappa shape index (κ1) is 16.7. The molecule has 2 fully saturated rings. The van der Waals surface area contributed by atoms with Crippen molar-refractivity contribution in [3.63, 3.8) is 0 Å². The molecule has 0 aromatic heterocycles. The lowest BCUT2D eigenvalue weighted by Crippen LogP contribution is -2.51. The number of carbonyl (C=O) groups excluding carboxylic acids is 1. The topological polar surface area (TPSA) is 50.8 Å². The first-order valence-corrected chi connectivity index (χ1v) is 8.15. The van der Waals surface area contributed by atoms with Gasteiger partial charge < -0.3 is 9.47 Å². The predicted octanol–water partition coefficient (Wildman–Crippen LogP) is 2.11. The number of hydrogen-bond donors (Lipinski definition) is 1. The normalized spacial score (nSPS) is 30.8. The van der Waals surface area contributed by atoms with Crippen LogP contribution in [0.5, 0.6) is 0 Å². The number of nitrogens with zero attached hydrogens (tertiary/aromatic N) is 1. The molecule has 0 amide bonds. The van der Waals surface area contributed by atoms with Crippen molar-refractivity contribution in [2.45, 2.75) is 70.6 Å². The fourth-order valence-corrected chi connectivity index (χ4v) is 3.36. The van der Waals surface area contributed by atoms with Crippen molar-refractivity contribution in [1.82, 2.24) is 10.4 Å². The van der Waals surface area contributed by atoms with Gasteiger partial charge in [-0.3, -0.25) is 10.2 Å². The van der Waals surface area contributed by atoms with Crippen LogP contribution in [-0.2, 0) is 14.3 Å². The average Bonchev–Trinajstić information content (AvgIpc) is 2.98. The number of rotatable bonds is 5. The van der Waals surface area contributed by atoms with E-state index in [-0.39, 0.29) is 17.9 Å². The zero-order valence-electron chi connectivity index (χ0n) is 13.9. The molecule has 0 aromatic rings. The third-order valence-electron chi connectivity index (χ3n) is 4.29. The predicted molar refractivity (Wildman–Crippen MR) is 81.7 cm³/mol. The molecular formula is C16H30N2O3. The molecule has 0 spiro atoms. The maximum absolute atomic E-state index is 12.3. The summed E-state index contributed by atoms with van der Waals surface area (Å²) in [6, 6.07) is 0.632. The quantitative estimate of drug-likeness (QED) is 0.788. The van der Waals surface area contributed by atoms with Crippen LogP contribution < -0.4 is 5.43 Å². The van der Waals surface area contributed by atoms with E-state index in [2.05, 4.69) is 10.4 Å². The molecule has 1 heterocycles. The summed E-state index contributed by atoms with van der Waals surface area (Å²) in [5.74, 6) is -0.0759. The summed E-state index contributed by atoms with van der Waals surface area (Å²) < 4.78 is 10.9. The summed E-state index contributed by atoms with van der Waals surface area (Å²) in [6.45, 7) is 7.56. The monoisotopic (exact) mass is 298 g/mol. The van der Waals surface area contributed by atoms with Gasteiger partial charge in [-0.2, -0.15) is 0 Å². The lowest BCUT2D eigenvalue weighted by atomic mass is 10.0. The molecule has 21 heavy (non-hydrogen) atoms. The fraction of sp³-hybridized carbons (Fsp3) is 0.938. The molecular weight excluding hydrogens is 268 g/mol. The second-order valence-electron chi connectivity index (χ2n) is 7.25. The standard InChI is InChI=1S/C16H30N2O3/c1-16(2,3)21-15(19)13-8-5-9-14(13)17-18-10-6-7-12(18)11-20-4/h12-14,17H,5-11H2,1-4H3/t12-,13-,14-/m0/s1. The Labute approximate surface area is 128 Å². The van der Waals surface area contributed by atoms with E-state index >= 15 is 0 Å². The highest BCUT2D eigenvalue weighted by atomic mass is 16.6. The van der Waals surface area contributed by atoms with Crippen molar-refractivity contribution in [2.75, 3.05) is 20.3 Å². The molecule has 0 aromatic carbocycles. The minimum absolute atomic E-state index is 0.0204. The molecule has 1 N–H and O–H groups in total. The molecule has 0 radical (unpaired) electrons. The number of esters is 1.